The molecule has 0 aromatic heterocycles. The molecule has 1 N–H and O–H groups in total. The molecular formula is C18H20ClN. The number of aryl methyl sites for hydroxylation is 1. The minimum atomic E-state index is 0.720. The first-order valence-corrected chi connectivity index (χ1v) is 7.61. The molecule has 1 aliphatic rings. The number of rotatable bonds is 4. The van der Waals surface area contributed by atoms with Gasteiger partial charge in [-0.3, -0.25) is 0 Å². The molecule has 2 aromatic rings. The Morgan fingerprint density at radius 2 is 1.90 bits per heavy atom. The van der Waals surface area contributed by atoms with Crippen molar-refractivity contribution in [1.82, 2.24) is 5.32 Å². The predicted octanol–water partition coefficient (Wildman–Crippen LogP) is 4.88. The summed E-state index contributed by atoms with van der Waals surface area (Å²) in [5, 5.41) is 4.40. The van der Waals surface area contributed by atoms with Gasteiger partial charge in [-0.15, -0.1) is 0 Å². The molecule has 20 heavy (non-hydrogen) atoms. The predicted molar refractivity (Wildman–Crippen MR) is 86.2 cm³/mol. The van der Waals surface area contributed by atoms with Crippen LogP contribution in [0.1, 0.15) is 29.5 Å². The lowest BCUT2D eigenvalue weighted by Gasteiger charge is -2.14. The lowest BCUT2D eigenvalue weighted by Crippen LogP contribution is -2.16. The maximum Gasteiger partial charge on any atom is 0.0412 e. The first kappa shape index (κ1) is 13.7. The topological polar surface area (TPSA) is 12.0 Å². The summed E-state index contributed by atoms with van der Waals surface area (Å²) in [6.07, 6.45) is 2.62. The summed E-state index contributed by atoms with van der Waals surface area (Å²) in [5.74, 6) is 0. The number of halogens is 1. The second kappa shape index (κ2) is 5.59. The molecule has 0 bridgehead atoms. The highest BCUT2D eigenvalue weighted by molar-refractivity contribution is 6.30. The molecule has 2 aromatic carbocycles. The summed E-state index contributed by atoms with van der Waals surface area (Å²) in [6.45, 7) is 5.26. The first-order chi connectivity index (χ1) is 9.65. The second-order valence-electron chi connectivity index (χ2n) is 5.70. The van der Waals surface area contributed by atoms with Gasteiger partial charge in [0.2, 0.25) is 0 Å². The third-order valence-electron chi connectivity index (χ3n) is 4.13. The molecule has 1 aliphatic carbocycles. The zero-order valence-electron chi connectivity index (χ0n) is 12.0. The highest BCUT2D eigenvalue weighted by atomic mass is 35.5. The van der Waals surface area contributed by atoms with Crippen molar-refractivity contribution in [2.24, 2.45) is 0 Å². The van der Waals surface area contributed by atoms with E-state index in [1.165, 1.54) is 40.7 Å². The normalized spacial score (nSPS) is 14.6. The average Bonchev–Trinajstić information content (AvgIpc) is 3.25. The average molecular weight is 286 g/mol. The Kier molecular flexibility index (Phi) is 3.82. The van der Waals surface area contributed by atoms with Crippen LogP contribution in [0.2, 0.25) is 5.02 Å². The fourth-order valence-corrected chi connectivity index (χ4v) is 2.71. The zero-order valence-corrected chi connectivity index (χ0v) is 12.8. The Labute approximate surface area is 126 Å². The third-order valence-corrected chi connectivity index (χ3v) is 4.36. The molecule has 1 fully saturated rings. The van der Waals surface area contributed by atoms with Gasteiger partial charge in [-0.2, -0.15) is 0 Å². The highest BCUT2D eigenvalue weighted by Crippen LogP contribution is 2.31. The summed E-state index contributed by atoms with van der Waals surface area (Å²) in [7, 11) is 0. The van der Waals surface area contributed by atoms with Gasteiger partial charge in [0.15, 0.2) is 0 Å². The van der Waals surface area contributed by atoms with Crippen LogP contribution < -0.4 is 5.32 Å². The van der Waals surface area contributed by atoms with Gasteiger partial charge < -0.3 is 5.32 Å². The summed E-state index contributed by atoms with van der Waals surface area (Å²) in [6, 6.07) is 13.4. The Bertz CT molecular complexity index is 629. The molecule has 0 saturated heterocycles. The first-order valence-electron chi connectivity index (χ1n) is 7.23. The smallest absolute Gasteiger partial charge is 0.0412 e. The number of hydrogen-bond acceptors (Lipinski definition) is 1. The minimum Gasteiger partial charge on any atom is -0.310 e. The maximum atomic E-state index is 6.21. The van der Waals surface area contributed by atoms with Crippen LogP contribution in [0.15, 0.2) is 36.4 Å². The van der Waals surface area contributed by atoms with E-state index in [1.807, 2.05) is 6.07 Å². The molecule has 1 nitrogen and oxygen atoms in total. The quantitative estimate of drug-likeness (QED) is 0.844. The number of benzene rings is 2. The molecule has 0 amide bonds. The van der Waals surface area contributed by atoms with Crippen LogP contribution in [0.3, 0.4) is 0 Å². The molecule has 0 heterocycles. The SMILES string of the molecule is Cc1cccc(-c2cc(Cl)ccc2CNC2CC2)c1C. The fraction of sp³-hybridized carbons (Fsp3) is 0.333. The Morgan fingerprint density at radius 1 is 1.10 bits per heavy atom. The van der Waals surface area contributed by atoms with E-state index in [1.54, 1.807) is 0 Å². The van der Waals surface area contributed by atoms with Crippen molar-refractivity contribution in [3.8, 4) is 11.1 Å². The van der Waals surface area contributed by atoms with Crippen molar-refractivity contribution in [3.63, 3.8) is 0 Å². The van der Waals surface area contributed by atoms with Crippen LogP contribution in [0, 0.1) is 13.8 Å². The van der Waals surface area contributed by atoms with E-state index in [9.17, 15) is 0 Å². The third kappa shape index (κ3) is 2.89. The molecule has 3 rings (SSSR count). The van der Waals surface area contributed by atoms with Gasteiger partial charge >= 0.3 is 0 Å². The van der Waals surface area contributed by atoms with Crippen LogP contribution in [-0.4, -0.2) is 6.04 Å². The van der Waals surface area contributed by atoms with Gasteiger partial charge in [0.05, 0.1) is 0 Å². The Balaban J connectivity index is 2.01. The van der Waals surface area contributed by atoms with E-state index < -0.39 is 0 Å². The van der Waals surface area contributed by atoms with Gasteiger partial charge in [0.1, 0.15) is 0 Å². The van der Waals surface area contributed by atoms with Crippen molar-refractivity contribution in [2.45, 2.75) is 39.3 Å². The van der Waals surface area contributed by atoms with E-state index in [0.29, 0.717) is 0 Å². The Morgan fingerprint density at radius 3 is 2.65 bits per heavy atom. The van der Waals surface area contributed by atoms with Crippen LogP contribution in [0.5, 0.6) is 0 Å². The van der Waals surface area contributed by atoms with Crippen molar-refractivity contribution in [3.05, 3.63) is 58.1 Å². The van der Waals surface area contributed by atoms with E-state index >= 15 is 0 Å². The molecule has 0 atom stereocenters. The van der Waals surface area contributed by atoms with Crippen LogP contribution in [-0.2, 0) is 6.54 Å². The summed E-state index contributed by atoms with van der Waals surface area (Å²) in [4.78, 5) is 0. The fourth-order valence-electron chi connectivity index (χ4n) is 2.54. The van der Waals surface area contributed by atoms with Gasteiger partial charge in [-0.1, -0.05) is 35.9 Å². The standard InChI is InChI=1S/C18H20ClN/c1-12-4-3-5-17(13(12)2)18-10-15(19)7-6-14(18)11-20-16-8-9-16/h3-7,10,16,20H,8-9,11H2,1-2H3. The maximum absolute atomic E-state index is 6.21. The molecule has 0 aliphatic heterocycles. The van der Waals surface area contributed by atoms with Gasteiger partial charge in [0.25, 0.3) is 0 Å². The van der Waals surface area contributed by atoms with E-state index in [0.717, 1.165) is 17.6 Å². The van der Waals surface area contributed by atoms with Crippen molar-refractivity contribution < 1.29 is 0 Å². The van der Waals surface area contributed by atoms with Gasteiger partial charge in [-0.25, -0.2) is 0 Å². The molecule has 0 radical (unpaired) electrons. The van der Waals surface area contributed by atoms with E-state index in [-0.39, 0.29) is 0 Å². The zero-order chi connectivity index (χ0) is 14.1. The molecular weight excluding hydrogens is 266 g/mol. The van der Waals surface area contributed by atoms with Crippen LogP contribution >= 0.6 is 11.6 Å². The summed E-state index contributed by atoms with van der Waals surface area (Å²) in [5.41, 5.74) is 6.54. The highest BCUT2D eigenvalue weighted by Gasteiger charge is 2.20. The van der Waals surface area contributed by atoms with Crippen molar-refractivity contribution in [1.29, 1.82) is 0 Å². The van der Waals surface area contributed by atoms with Gasteiger partial charge in [0, 0.05) is 17.6 Å². The lowest BCUT2D eigenvalue weighted by molar-refractivity contribution is 0.689. The van der Waals surface area contributed by atoms with Crippen molar-refractivity contribution in [2.75, 3.05) is 0 Å². The number of hydrogen-bond donors (Lipinski definition) is 1. The Hall–Kier alpha value is -1.31. The van der Waals surface area contributed by atoms with Crippen LogP contribution in [0.4, 0.5) is 0 Å². The van der Waals surface area contributed by atoms with E-state index in [2.05, 4.69) is 49.5 Å². The minimum absolute atomic E-state index is 0.720. The molecule has 0 unspecified atom stereocenters. The molecule has 2 heteroatoms. The monoisotopic (exact) mass is 285 g/mol. The summed E-state index contributed by atoms with van der Waals surface area (Å²) >= 11 is 6.21. The lowest BCUT2D eigenvalue weighted by atomic mass is 9.93. The summed E-state index contributed by atoms with van der Waals surface area (Å²) < 4.78 is 0. The molecule has 1 saturated carbocycles. The second-order valence-corrected chi connectivity index (χ2v) is 6.14. The number of nitrogens with one attached hydrogen (secondary N) is 1. The largest absolute Gasteiger partial charge is 0.310 e. The molecule has 104 valence electrons. The van der Waals surface area contributed by atoms with Crippen molar-refractivity contribution >= 4 is 11.6 Å². The van der Waals surface area contributed by atoms with Crippen LogP contribution in [0.25, 0.3) is 11.1 Å². The molecule has 0 spiro atoms. The van der Waals surface area contributed by atoms with Gasteiger partial charge in [-0.05, 0) is 66.6 Å². The van der Waals surface area contributed by atoms with E-state index in [4.69, 9.17) is 11.6 Å².